The molecule has 1 aliphatic rings. The van der Waals surface area contributed by atoms with E-state index in [0.29, 0.717) is 23.7 Å². The zero-order chi connectivity index (χ0) is 23.4. The third kappa shape index (κ3) is 5.44. The molecule has 3 aromatic rings. The number of hydrogen-bond acceptors (Lipinski definition) is 6. The summed E-state index contributed by atoms with van der Waals surface area (Å²) in [5, 5.41) is 4.63. The molecule has 0 unspecified atom stereocenters. The van der Waals surface area contributed by atoms with Gasteiger partial charge < -0.3 is 10.1 Å². The first-order valence-electron chi connectivity index (χ1n) is 10.3. The molecule has 33 heavy (non-hydrogen) atoms. The van der Waals surface area contributed by atoms with Crippen molar-refractivity contribution in [1.29, 1.82) is 0 Å². The summed E-state index contributed by atoms with van der Waals surface area (Å²) >= 11 is 7.50. The topological polar surface area (TPSA) is 92.8 Å². The summed E-state index contributed by atoms with van der Waals surface area (Å²) in [4.78, 5) is 25.6. The molecule has 7 nitrogen and oxygen atoms in total. The molecule has 10 heteroatoms. The van der Waals surface area contributed by atoms with Gasteiger partial charge in [0.25, 0.3) is 5.91 Å². The number of carbonyl (C=O) groups excluding carboxylic acids is 2. The van der Waals surface area contributed by atoms with Crippen LogP contribution in [0.1, 0.15) is 39.3 Å². The smallest absolute Gasteiger partial charge is 0.345 e. The largest absolute Gasteiger partial charge is 0.423 e. The molecule has 1 amide bonds. The fourth-order valence-electron chi connectivity index (χ4n) is 3.48. The first kappa shape index (κ1) is 23.4. The Balaban J connectivity index is 1.52. The van der Waals surface area contributed by atoms with Gasteiger partial charge in [-0.3, -0.25) is 4.79 Å². The van der Waals surface area contributed by atoms with Crippen LogP contribution in [0.3, 0.4) is 0 Å². The lowest BCUT2D eigenvalue weighted by Gasteiger charge is -2.26. The van der Waals surface area contributed by atoms with Crippen molar-refractivity contribution in [3.63, 3.8) is 0 Å². The quantitative estimate of drug-likeness (QED) is 0.374. The molecular formula is C23H21ClN2O5S2. The second kappa shape index (κ2) is 10.0. The first-order valence-corrected chi connectivity index (χ1v) is 13.0. The second-order valence-electron chi connectivity index (χ2n) is 7.46. The van der Waals surface area contributed by atoms with Crippen molar-refractivity contribution in [2.24, 2.45) is 0 Å². The number of hydrogen-bond donors (Lipinski definition) is 1. The minimum atomic E-state index is -3.73. The second-order valence-corrected chi connectivity index (χ2v) is 10.7. The number of piperidine rings is 1. The Morgan fingerprint density at radius 1 is 1.00 bits per heavy atom. The first-order chi connectivity index (χ1) is 15.8. The van der Waals surface area contributed by atoms with Crippen LogP contribution in [0, 0.1) is 0 Å². The fourth-order valence-corrected chi connectivity index (χ4v) is 5.83. The Hall–Kier alpha value is -2.72. The molecule has 4 rings (SSSR count). The molecule has 1 saturated heterocycles. The van der Waals surface area contributed by atoms with Gasteiger partial charge in [-0.2, -0.15) is 4.31 Å². The normalized spacial score (nSPS) is 14.6. The predicted molar refractivity (Wildman–Crippen MR) is 128 cm³/mol. The van der Waals surface area contributed by atoms with Crippen LogP contribution in [0.4, 0.5) is 5.69 Å². The highest BCUT2D eigenvalue weighted by molar-refractivity contribution is 7.89. The zero-order valence-corrected chi connectivity index (χ0v) is 19.9. The van der Waals surface area contributed by atoms with Crippen LogP contribution in [0.5, 0.6) is 5.75 Å². The van der Waals surface area contributed by atoms with Crippen molar-refractivity contribution < 1.29 is 22.7 Å². The third-order valence-corrected chi connectivity index (χ3v) is 8.25. The number of sulfonamides is 1. The number of halogens is 1. The Bertz CT molecular complexity index is 1270. The molecule has 2 aromatic carbocycles. The summed E-state index contributed by atoms with van der Waals surface area (Å²) in [6, 6.07) is 13.9. The molecule has 0 saturated carbocycles. The molecule has 1 aliphatic heterocycles. The predicted octanol–water partition coefficient (Wildman–Crippen LogP) is 5.05. The highest BCUT2D eigenvalue weighted by Gasteiger charge is 2.27. The lowest BCUT2D eigenvalue weighted by atomic mass is 10.2. The number of esters is 1. The minimum Gasteiger partial charge on any atom is -0.423 e. The number of nitrogens with zero attached hydrogens (tertiary/aromatic N) is 1. The maximum absolute atomic E-state index is 13.0. The van der Waals surface area contributed by atoms with Crippen molar-refractivity contribution >= 4 is 50.5 Å². The van der Waals surface area contributed by atoms with E-state index in [-0.39, 0.29) is 27.1 Å². The maximum atomic E-state index is 13.0. The van der Waals surface area contributed by atoms with Crippen molar-refractivity contribution in [2.45, 2.75) is 24.2 Å². The van der Waals surface area contributed by atoms with Gasteiger partial charge in [0.1, 0.15) is 5.75 Å². The van der Waals surface area contributed by atoms with Gasteiger partial charge in [0.05, 0.1) is 20.4 Å². The van der Waals surface area contributed by atoms with Crippen molar-refractivity contribution in [1.82, 2.24) is 4.31 Å². The summed E-state index contributed by atoms with van der Waals surface area (Å²) < 4.78 is 32.8. The number of anilines is 1. The van der Waals surface area contributed by atoms with Crippen LogP contribution in [-0.2, 0) is 10.0 Å². The molecule has 172 valence electrons. The number of nitrogens with one attached hydrogen (secondary N) is 1. The van der Waals surface area contributed by atoms with Gasteiger partial charge in [-0.25, -0.2) is 13.2 Å². The summed E-state index contributed by atoms with van der Waals surface area (Å²) in [6.07, 6.45) is 2.61. The molecule has 0 spiro atoms. The van der Waals surface area contributed by atoms with Gasteiger partial charge in [0.2, 0.25) is 10.0 Å². The molecular weight excluding hydrogens is 484 g/mol. The van der Waals surface area contributed by atoms with E-state index in [9.17, 15) is 18.0 Å². The van der Waals surface area contributed by atoms with Crippen LogP contribution >= 0.6 is 22.9 Å². The average molecular weight is 505 g/mol. The van der Waals surface area contributed by atoms with Crippen LogP contribution in [0.25, 0.3) is 0 Å². The summed E-state index contributed by atoms with van der Waals surface area (Å²) in [5.74, 6) is -0.881. The number of thiophene rings is 1. The van der Waals surface area contributed by atoms with Crippen LogP contribution < -0.4 is 10.1 Å². The van der Waals surface area contributed by atoms with E-state index in [2.05, 4.69) is 5.32 Å². The zero-order valence-electron chi connectivity index (χ0n) is 17.5. The van der Waals surface area contributed by atoms with Gasteiger partial charge in [0, 0.05) is 24.8 Å². The molecule has 1 aromatic heterocycles. The number of amides is 1. The van der Waals surface area contributed by atoms with Crippen LogP contribution in [0.2, 0.25) is 5.02 Å². The van der Waals surface area contributed by atoms with Gasteiger partial charge in [-0.15, -0.1) is 11.3 Å². The monoisotopic (exact) mass is 504 g/mol. The van der Waals surface area contributed by atoms with Crippen LogP contribution in [0.15, 0.2) is 64.9 Å². The SMILES string of the molecule is O=C(Nc1cccc(OC(=O)c2cc(S(=O)(=O)N3CCCCC3)ccc2Cl)c1)c1cccs1. The number of benzene rings is 2. The Morgan fingerprint density at radius 2 is 1.79 bits per heavy atom. The van der Waals surface area contributed by atoms with Crippen LogP contribution in [-0.4, -0.2) is 37.7 Å². The highest BCUT2D eigenvalue weighted by atomic mass is 35.5. The molecule has 0 radical (unpaired) electrons. The van der Waals surface area contributed by atoms with E-state index < -0.39 is 16.0 Å². The van der Waals surface area contributed by atoms with Crippen molar-refractivity contribution in [3.8, 4) is 5.75 Å². The lowest BCUT2D eigenvalue weighted by Crippen LogP contribution is -2.35. The van der Waals surface area contributed by atoms with Gasteiger partial charge in [-0.05, 0) is 54.6 Å². The maximum Gasteiger partial charge on any atom is 0.345 e. The highest BCUT2D eigenvalue weighted by Crippen LogP contribution is 2.27. The molecule has 2 heterocycles. The number of rotatable bonds is 6. The number of ether oxygens (including phenoxy) is 1. The molecule has 0 atom stereocenters. The molecule has 1 N–H and O–H groups in total. The Morgan fingerprint density at radius 3 is 2.52 bits per heavy atom. The third-order valence-electron chi connectivity index (χ3n) is 5.16. The molecule has 0 aliphatic carbocycles. The number of carbonyl (C=O) groups is 2. The average Bonchev–Trinajstić information content (AvgIpc) is 3.35. The van der Waals surface area contributed by atoms with Crippen molar-refractivity contribution in [2.75, 3.05) is 18.4 Å². The van der Waals surface area contributed by atoms with E-state index in [1.807, 2.05) is 0 Å². The molecule has 1 fully saturated rings. The summed E-state index contributed by atoms with van der Waals surface area (Å²) in [5.41, 5.74) is 0.397. The van der Waals surface area contributed by atoms with Gasteiger partial charge in [-0.1, -0.05) is 30.2 Å². The van der Waals surface area contributed by atoms with E-state index in [1.165, 1.54) is 39.9 Å². The van der Waals surface area contributed by atoms with E-state index >= 15 is 0 Å². The van der Waals surface area contributed by atoms with E-state index in [1.54, 1.807) is 35.7 Å². The molecule has 0 bridgehead atoms. The van der Waals surface area contributed by atoms with Gasteiger partial charge >= 0.3 is 5.97 Å². The minimum absolute atomic E-state index is 0.00212. The summed E-state index contributed by atoms with van der Waals surface area (Å²) in [7, 11) is -3.73. The lowest BCUT2D eigenvalue weighted by molar-refractivity contribution is 0.0734. The van der Waals surface area contributed by atoms with Crippen molar-refractivity contribution in [3.05, 3.63) is 75.4 Å². The standard InChI is InChI=1S/C23H21ClN2O5S2/c24-20-10-9-18(33(29,30)26-11-2-1-3-12-26)15-19(20)23(28)31-17-7-4-6-16(14-17)25-22(27)21-8-5-13-32-21/h4-10,13-15H,1-3,11-12H2,(H,25,27). The summed E-state index contributed by atoms with van der Waals surface area (Å²) in [6.45, 7) is 0.906. The Labute approximate surface area is 201 Å². The van der Waals surface area contributed by atoms with E-state index in [4.69, 9.17) is 16.3 Å². The Kier molecular flexibility index (Phi) is 7.14. The van der Waals surface area contributed by atoms with Gasteiger partial charge in [0.15, 0.2) is 0 Å². The van der Waals surface area contributed by atoms with E-state index in [0.717, 1.165) is 19.3 Å². The fraction of sp³-hybridized carbons (Fsp3) is 0.217.